The van der Waals surface area contributed by atoms with E-state index in [2.05, 4.69) is 0 Å². The lowest BCUT2D eigenvalue weighted by atomic mass is 9.87. The fourth-order valence-corrected chi connectivity index (χ4v) is 1.77. The Morgan fingerprint density at radius 2 is 2.00 bits per heavy atom. The highest BCUT2D eigenvalue weighted by molar-refractivity contribution is 6.03. The zero-order valence-corrected chi connectivity index (χ0v) is 11.4. The van der Waals surface area contributed by atoms with Gasteiger partial charge in [0, 0.05) is 12.6 Å². The molecular weight excluding hydrogens is 234 g/mol. The number of carbonyl (C=O) groups is 2. The second-order valence-corrected chi connectivity index (χ2v) is 5.19. The maximum atomic E-state index is 12.2. The summed E-state index contributed by atoms with van der Waals surface area (Å²) in [4.78, 5) is 25.8. The highest BCUT2D eigenvalue weighted by Crippen LogP contribution is 2.28. The highest BCUT2D eigenvalue weighted by atomic mass is 16.5. The Kier molecular flexibility index (Phi) is 5.28. The number of rotatable bonds is 8. The lowest BCUT2D eigenvalue weighted by molar-refractivity contribution is -0.158. The van der Waals surface area contributed by atoms with Crippen molar-refractivity contribution in [2.45, 2.75) is 39.7 Å². The van der Waals surface area contributed by atoms with Gasteiger partial charge < -0.3 is 9.84 Å². The Morgan fingerprint density at radius 1 is 1.39 bits per heavy atom. The van der Waals surface area contributed by atoms with E-state index in [0.29, 0.717) is 12.6 Å². The minimum absolute atomic E-state index is 0.0314. The van der Waals surface area contributed by atoms with Gasteiger partial charge in [-0.15, -0.1) is 0 Å². The molecule has 0 unspecified atom stereocenters. The monoisotopic (exact) mass is 257 g/mol. The summed E-state index contributed by atoms with van der Waals surface area (Å²) in [6, 6.07) is 0.388. The molecule has 18 heavy (non-hydrogen) atoms. The first-order valence-corrected chi connectivity index (χ1v) is 6.49. The number of ether oxygens (including phenoxy) is 1. The molecule has 1 N–H and O–H groups in total. The number of hydrogen-bond acceptors (Lipinski definition) is 5. The summed E-state index contributed by atoms with van der Waals surface area (Å²) < 4.78 is 4.92. The molecule has 0 aromatic heterocycles. The van der Waals surface area contributed by atoms with Gasteiger partial charge in [0.25, 0.3) is 0 Å². The van der Waals surface area contributed by atoms with E-state index >= 15 is 0 Å². The van der Waals surface area contributed by atoms with Crippen molar-refractivity contribution in [3.63, 3.8) is 0 Å². The quantitative estimate of drug-likeness (QED) is 0.509. The summed E-state index contributed by atoms with van der Waals surface area (Å²) in [6.07, 6.45) is 2.13. The van der Waals surface area contributed by atoms with Crippen LogP contribution in [-0.2, 0) is 14.3 Å². The molecule has 0 heterocycles. The van der Waals surface area contributed by atoms with Gasteiger partial charge >= 0.3 is 5.97 Å². The summed E-state index contributed by atoms with van der Waals surface area (Å²) in [6.45, 7) is 5.91. The molecular formula is C13H23NO4. The molecule has 1 rings (SSSR count). The molecule has 0 atom stereocenters. The van der Waals surface area contributed by atoms with Crippen molar-refractivity contribution < 1.29 is 19.4 Å². The van der Waals surface area contributed by atoms with E-state index in [1.54, 1.807) is 20.8 Å². The third-order valence-corrected chi connectivity index (χ3v) is 3.28. The average molecular weight is 257 g/mol. The van der Waals surface area contributed by atoms with Crippen LogP contribution in [-0.4, -0.2) is 54.1 Å². The lowest BCUT2D eigenvalue weighted by Crippen LogP contribution is -2.43. The van der Waals surface area contributed by atoms with Crippen LogP contribution in [0.4, 0.5) is 0 Å². The molecule has 1 saturated carbocycles. The molecule has 1 fully saturated rings. The van der Waals surface area contributed by atoms with E-state index in [9.17, 15) is 9.59 Å². The Bertz CT molecular complexity index is 310. The Labute approximate surface area is 108 Å². The van der Waals surface area contributed by atoms with Gasteiger partial charge in [0.15, 0.2) is 5.78 Å². The molecule has 0 amide bonds. The van der Waals surface area contributed by atoms with Gasteiger partial charge in [0.05, 0.1) is 19.8 Å². The Morgan fingerprint density at radius 3 is 2.44 bits per heavy atom. The average Bonchev–Trinajstić information content (AvgIpc) is 3.12. The van der Waals surface area contributed by atoms with Gasteiger partial charge in [-0.1, -0.05) is 0 Å². The van der Waals surface area contributed by atoms with Crippen molar-refractivity contribution in [2.24, 2.45) is 5.41 Å². The van der Waals surface area contributed by atoms with Crippen LogP contribution in [0, 0.1) is 5.41 Å². The first-order chi connectivity index (χ1) is 8.43. The lowest BCUT2D eigenvalue weighted by Gasteiger charge is -2.26. The minimum atomic E-state index is -1.11. The Hall–Kier alpha value is -0.940. The first-order valence-electron chi connectivity index (χ1n) is 6.49. The molecule has 0 aromatic rings. The third kappa shape index (κ3) is 3.78. The second kappa shape index (κ2) is 6.29. The van der Waals surface area contributed by atoms with Crippen LogP contribution in [0.15, 0.2) is 0 Å². The van der Waals surface area contributed by atoms with Gasteiger partial charge in [0.2, 0.25) is 0 Å². The molecule has 0 aliphatic heterocycles. The van der Waals surface area contributed by atoms with Crippen molar-refractivity contribution in [3.8, 4) is 0 Å². The predicted octanol–water partition coefficient (Wildman–Crippen LogP) is 0.601. The number of aliphatic hydroxyl groups excluding tert-OH is 1. The van der Waals surface area contributed by atoms with Crippen LogP contribution in [0.1, 0.15) is 33.6 Å². The maximum absolute atomic E-state index is 12.2. The number of aliphatic hydroxyl groups is 1. The van der Waals surface area contributed by atoms with Crippen LogP contribution in [0.2, 0.25) is 0 Å². The van der Waals surface area contributed by atoms with Crippen molar-refractivity contribution in [2.75, 3.05) is 26.3 Å². The number of hydrogen-bond donors (Lipinski definition) is 1. The normalized spacial score (nSPS) is 15.8. The largest absolute Gasteiger partial charge is 0.465 e. The summed E-state index contributed by atoms with van der Waals surface area (Å²) in [5.41, 5.74) is -1.11. The first kappa shape index (κ1) is 15.1. The van der Waals surface area contributed by atoms with E-state index < -0.39 is 11.4 Å². The molecule has 0 bridgehead atoms. The van der Waals surface area contributed by atoms with E-state index in [0.717, 1.165) is 12.8 Å². The minimum Gasteiger partial charge on any atom is -0.465 e. The smallest absolute Gasteiger partial charge is 0.319 e. The standard InChI is InChI=1S/C13H23NO4/c1-4-18-12(17)13(2,3)11(16)9-14(7-8-15)10-5-6-10/h10,15H,4-9H2,1-3H3. The Balaban J connectivity index is 2.58. The summed E-state index contributed by atoms with van der Waals surface area (Å²) in [5, 5.41) is 8.98. The van der Waals surface area contributed by atoms with Crippen molar-refractivity contribution in [1.82, 2.24) is 4.90 Å². The number of ketones is 1. The van der Waals surface area contributed by atoms with Gasteiger partial charge in [-0.2, -0.15) is 0 Å². The molecule has 1 aliphatic carbocycles. The molecule has 1 aliphatic rings. The van der Waals surface area contributed by atoms with E-state index in [1.807, 2.05) is 4.90 Å². The number of carbonyl (C=O) groups excluding carboxylic acids is 2. The summed E-state index contributed by atoms with van der Waals surface area (Å²) in [7, 11) is 0. The van der Waals surface area contributed by atoms with E-state index in [1.165, 1.54) is 0 Å². The van der Waals surface area contributed by atoms with Gasteiger partial charge in [-0.3, -0.25) is 14.5 Å². The predicted molar refractivity (Wildman–Crippen MR) is 67.1 cm³/mol. The van der Waals surface area contributed by atoms with Crippen LogP contribution >= 0.6 is 0 Å². The molecule has 0 aromatic carbocycles. The number of esters is 1. The van der Waals surface area contributed by atoms with Gasteiger partial charge in [-0.05, 0) is 33.6 Å². The van der Waals surface area contributed by atoms with Crippen molar-refractivity contribution in [1.29, 1.82) is 0 Å². The van der Waals surface area contributed by atoms with Crippen LogP contribution in [0.25, 0.3) is 0 Å². The molecule has 5 nitrogen and oxygen atoms in total. The summed E-state index contributed by atoms with van der Waals surface area (Å²) in [5.74, 6) is -0.629. The molecule has 0 saturated heterocycles. The molecule has 104 valence electrons. The van der Waals surface area contributed by atoms with E-state index in [4.69, 9.17) is 9.84 Å². The highest BCUT2D eigenvalue weighted by Gasteiger charge is 2.40. The SMILES string of the molecule is CCOC(=O)C(C)(C)C(=O)CN(CCO)C1CC1. The van der Waals surface area contributed by atoms with Crippen LogP contribution in [0.5, 0.6) is 0 Å². The van der Waals surface area contributed by atoms with Crippen molar-refractivity contribution in [3.05, 3.63) is 0 Å². The third-order valence-electron chi connectivity index (χ3n) is 3.28. The van der Waals surface area contributed by atoms with Gasteiger partial charge in [-0.25, -0.2) is 0 Å². The topological polar surface area (TPSA) is 66.8 Å². The van der Waals surface area contributed by atoms with Gasteiger partial charge in [0.1, 0.15) is 5.41 Å². The fourth-order valence-electron chi connectivity index (χ4n) is 1.77. The van der Waals surface area contributed by atoms with Crippen LogP contribution in [0.3, 0.4) is 0 Å². The molecule has 0 radical (unpaired) electrons. The zero-order chi connectivity index (χ0) is 13.8. The number of Topliss-reactive ketones (excluding diaryl/α,β-unsaturated/α-hetero) is 1. The van der Waals surface area contributed by atoms with Crippen LogP contribution < -0.4 is 0 Å². The van der Waals surface area contributed by atoms with E-state index in [-0.39, 0.29) is 25.5 Å². The fraction of sp³-hybridized carbons (Fsp3) is 0.846. The molecule has 5 heteroatoms. The van der Waals surface area contributed by atoms with Crippen molar-refractivity contribution >= 4 is 11.8 Å². The zero-order valence-electron chi connectivity index (χ0n) is 11.4. The number of nitrogens with zero attached hydrogens (tertiary/aromatic N) is 1. The molecule has 0 spiro atoms. The summed E-state index contributed by atoms with van der Waals surface area (Å²) >= 11 is 0. The second-order valence-electron chi connectivity index (χ2n) is 5.19. The maximum Gasteiger partial charge on any atom is 0.319 e.